The summed E-state index contributed by atoms with van der Waals surface area (Å²) in [6, 6.07) is 6.18. The first-order valence-corrected chi connectivity index (χ1v) is 7.65. The molecule has 0 fully saturated rings. The molecule has 1 aromatic heterocycles. The lowest BCUT2D eigenvalue weighted by Crippen LogP contribution is -2.22. The zero-order valence-corrected chi connectivity index (χ0v) is 14.4. The molecule has 0 saturated carbocycles. The second-order valence-corrected chi connectivity index (χ2v) is 5.44. The molecular formula is C16H16ClN5O3. The smallest absolute Gasteiger partial charge is 0.325 e. The molecule has 0 spiro atoms. The van der Waals surface area contributed by atoms with E-state index in [0.717, 1.165) is 0 Å². The Kier molecular flexibility index (Phi) is 6.51. The summed E-state index contributed by atoms with van der Waals surface area (Å²) in [6.45, 7) is 2.24. The van der Waals surface area contributed by atoms with Gasteiger partial charge in [0.25, 0.3) is 0 Å². The van der Waals surface area contributed by atoms with Crippen molar-refractivity contribution in [3.05, 3.63) is 41.3 Å². The number of benzene rings is 1. The molecule has 25 heavy (non-hydrogen) atoms. The van der Waals surface area contributed by atoms with E-state index in [1.165, 1.54) is 12.4 Å². The summed E-state index contributed by atoms with van der Waals surface area (Å²) in [6.07, 6.45) is 2.34. The second-order valence-electron chi connectivity index (χ2n) is 5.00. The lowest BCUT2D eigenvalue weighted by molar-refractivity contribution is 0.0925. The van der Waals surface area contributed by atoms with E-state index in [9.17, 15) is 4.79 Å². The van der Waals surface area contributed by atoms with Crippen LogP contribution in [-0.4, -0.2) is 35.8 Å². The molecule has 2 rings (SSSR count). The highest BCUT2D eigenvalue weighted by Crippen LogP contribution is 2.29. The van der Waals surface area contributed by atoms with Crippen LogP contribution in [0.15, 0.2) is 30.6 Å². The van der Waals surface area contributed by atoms with E-state index in [1.54, 1.807) is 25.3 Å². The lowest BCUT2D eigenvalue weighted by Gasteiger charge is -2.17. The Balaban J connectivity index is 2.08. The van der Waals surface area contributed by atoms with E-state index in [0.29, 0.717) is 23.1 Å². The maximum atomic E-state index is 12.1. The van der Waals surface area contributed by atoms with Gasteiger partial charge in [0.1, 0.15) is 17.9 Å². The third-order valence-corrected chi connectivity index (χ3v) is 3.16. The van der Waals surface area contributed by atoms with E-state index in [4.69, 9.17) is 26.3 Å². The largest absolute Gasteiger partial charge is 0.486 e. The molecule has 2 amide bonds. The number of hydrogen-bond donors (Lipinski definition) is 2. The summed E-state index contributed by atoms with van der Waals surface area (Å²) in [5.74, 6) is 0.656. The molecule has 0 aliphatic heterocycles. The van der Waals surface area contributed by atoms with Crippen molar-refractivity contribution >= 4 is 29.1 Å². The standard InChI is InChI=1S/C16H16ClN5O3/c1-10(9-24-2)25-14-4-3-11(17)5-13(14)21-16(23)22-15-8-19-12(6-18)7-20-15/h3-5,7-8,10H,9H2,1-2H3,(H2,20,21,22,23). The molecular weight excluding hydrogens is 346 g/mol. The topological polar surface area (TPSA) is 109 Å². The normalized spacial score (nSPS) is 11.3. The maximum absolute atomic E-state index is 12.1. The highest BCUT2D eigenvalue weighted by Gasteiger charge is 2.12. The Morgan fingerprint density at radius 3 is 2.80 bits per heavy atom. The van der Waals surface area contributed by atoms with E-state index in [1.807, 2.05) is 13.0 Å². The number of rotatable bonds is 6. The molecule has 1 atom stereocenters. The van der Waals surface area contributed by atoms with Gasteiger partial charge in [-0.25, -0.2) is 14.8 Å². The number of anilines is 2. The number of urea groups is 1. The number of carbonyl (C=O) groups is 1. The zero-order valence-electron chi connectivity index (χ0n) is 13.6. The molecule has 130 valence electrons. The van der Waals surface area contributed by atoms with Crippen molar-refractivity contribution in [3.63, 3.8) is 0 Å². The third-order valence-electron chi connectivity index (χ3n) is 2.93. The minimum atomic E-state index is -0.550. The Morgan fingerprint density at radius 2 is 2.16 bits per heavy atom. The Labute approximate surface area is 149 Å². The summed E-state index contributed by atoms with van der Waals surface area (Å²) in [5.41, 5.74) is 0.554. The molecule has 8 nitrogen and oxygen atoms in total. The molecule has 0 bridgehead atoms. The molecule has 1 aromatic carbocycles. The van der Waals surface area contributed by atoms with Crippen LogP contribution in [0.25, 0.3) is 0 Å². The monoisotopic (exact) mass is 361 g/mol. The average Bonchev–Trinajstić information content (AvgIpc) is 2.58. The number of methoxy groups -OCH3 is 1. The number of hydrogen-bond acceptors (Lipinski definition) is 6. The molecule has 1 unspecified atom stereocenters. The highest BCUT2D eigenvalue weighted by molar-refractivity contribution is 6.31. The number of ether oxygens (including phenoxy) is 2. The first-order valence-electron chi connectivity index (χ1n) is 7.27. The number of nitrogens with one attached hydrogen (secondary N) is 2. The Bertz CT molecular complexity index is 776. The second kappa shape index (κ2) is 8.82. The zero-order chi connectivity index (χ0) is 18.2. The van der Waals surface area contributed by atoms with Gasteiger partial charge in [-0.3, -0.25) is 5.32 Å². The molecule has 0 radical (unpaired) electrons. The molecule has 9 heteroatoms. The van der Waals surface area contributed by atoms with Gasteiger partial charge in [0.15, 0.2) is 11.5 Å². The fourth-order valence-corrected chi connectivity index (χ4v) is 2.08. The van der Waals surface area contributed by atoms with E-state index >= 15 is 0 Å². The van der Waals surface area contributed by atoms with E-state index < -0.39 is 6.03 Å². The highest BCUT2D eigenvalue weighted by atomic mass is 35.5. The first kappa shape index (κ1) is 18.4. The van der Waals surface area contributed by atoms with Gasteiger partial charge < -0.3 is 14.8 Å². The van der Waals surface area contributed by atoms with Crippen molar-refractivity contribution in [2.45, 2.75) is 13.0 Å². The van der Waals surface area contributed by atoms with Gasteiger partial charge in [0, 0.05) is 12.1 Å². The molecule has 0 aliphatic rings. The van der Waals surface area contributed by atoms with Crippen molar-refractivity contribution in [2.24, 2.45) is 0 Å². The third kappa shape index (κ3) is 5.60. The molecule has 1 heterocycles. The van der Waals surface area contributed by atoms with Crippen molar-refractivity contribution in [3.8, 4) is 11.8 Å². The Hall–Kier alpha value is -2.89. The predicted octanol–water partition coefficient (Wildman–Crippen LogP) is 3.06. The molecule has 0 aliphatic carbocycles. The van der Waals surface area contributed by atoms with Gasteiger partial charge >= 0.3 is 6.03 Å². The van der Waals surface area contributed by atoms with Crippen molar-refractivity contribution in [2.75, 3.05) is 24.4 Å². The van der Waals surface area contributed by atoms with Crippen LogP contribution >= 0.6 is 11.6 Å². The molecule has 2 aromatic rings. The van der Waals surface area contributed by atoms with Gasteiger partial charge in [0.05, 0.1) is 24.7 Å². The summed E-state index contributed by atoms with van der Waals surface area (Å²) in [5, 5.41) is 14.3. The number of nitriles is 1. The maximum Gasteiger partial charge on any atom is 0.325 e. The van der Waals surface area contributed by atoms with Crippen molar-refractivity contribution in [1.29, 1.82) is 5.26 Å². The van der Waals surface area contributed by atoms with Crippen molar-refractivity contribution in [1.82, 2.24) is 9.97 Å². The van der Waals surface area contributed by atoms with Crippen LogP contribution < -0.4 is 15.4 Å². The van der Waals surface area contributed by atoms with Crippen LogP contribution in [0, 0.1) is 11.3 Å². The van der Waals surface area contributed by atoms with Gasteiger partial charge in [-0.2, -0.15) is 5.26 Å². The quantitative estimate of drug-likeness (QED) is 0.818. The minimum Gasteiger partial charge on any atom is -0.486 e. The number of aromatic nitrogens is 2. The number of nitrogens with zero attached hydrogens (tertiary/aromatic N) is 3. The van der Waals surface area contributed by atoms with Crippen LogP contribution in [0.5, 0.6) is 5.75 Å². The van der Waals surface area contributed by atoms with Gasteiger partial charge in [-0.1, -0.05) is 11.6 Å². The van der Waals surface area contributed by atoms with Crippen LogP contribution in [-0.2, 0) is 4.74 Å². The number of amides is 2. The molecule has 2 N–H and O–H groups in total. The minimum absolute atomic E-state index is 0.156. The SMILES string of the molecule is COCC(C)Oc1ccc(Cl)cc1NC(=O)Nc1cnc(C#N)cn1. The summed E-state index contributed by atoms with van der Waals surface area (Å²) in [4.78, 5) is 19.9. The van der Waals surface area contributed by atoms with Crippen LogP contribution in [0.1, 0.15) is 12.6 Å². The Morgan fingerprint density at radius 1 is 1.36 bits per heavy atom. The summed E-state index contributed by atoms with van der Waals surface area (Å²) < 4.78 is 10.8. The van der Waals surface area contributed by atoms with E-state index in [-0.39, 0.29) is 17.6 Å². The van der Waals surface area contributed by atoms with Crippen LogP contribution in [0.3, 0.4) is 0 Å². The van der Waals surface area contributed by atoms with E-state index in [2.05, 4.69) is 20.6 Å². The van der Waals surface area contributed by atoms with Crippen LogP contribution in [0.4, 0.5) is 16.3 Å². The number of halogens is 1. The average molecular weight is 362 g/mol. The van der Waals surface area contributed by atoms with Crippen molar-refractivity contribution < 1.29 is 14.3 Å². The number of carbonyl (C=O) groups excluding carboxylic acids is 1. The molecule has 0 saturated heterocycles. The summed E-state index contributed by atoms with van der Waals surface area (Å²) in [7, 11) is 1.58. The predicted molar refractivity (Wildman–Crippen MR) is 92.8 cm³/mol. The van der Waals surface area contributed by atoms with Gasteiger partial charge in [0.2, 0.25) is 0 Å². The lowest BCUT2D eigenvalue weighted by atomic mass is 10.3. The van der Waals surface area contributed by atoms with Gasteiger partial charge in [-0.15, -0.1) is 0 Å². The summed E-state index contributed by atoms with van der Waals surface area (Å²) >= 11 is 5.99. The first-order chi connectivity index (χ1) is 12.0. The fraction of sp³-hybridized carbons (Fsp3) is 0.250. The fourth-order valence-electron chi connectivity index (χ4n) is 1.91. The van der Waals surface area contributed by atoms with Crippen LogP contribution in [0.2, 0.25) is 5.02 Å². The van der Waals surface area contributed by atoms with Gasteiger partial charge in [-0.05, 0) is 25.1 Å².